The van der Waals surface area contributed by atoms with Crippen LogP contribution in [0.5, 0.6) is 0 Å². The van der Waals surface area contributed by atoms with Gasteiger partial charge in [-0.1, -0.05) is 26.0 Å². The number of hydrogen-bond acceptors (Lipinski definition) is 4. The molecule has 3 N–H and O–H groups in total. The molecule has 0 spiro atoms. The summed E-state index contributed by atoms with van der Waals surface area (Å²) in [7, 11) is 0. The SMILES string of the molecule is CC1(C)CC(=O)C2=C(C1)Nc1[nH]c(=O)[nH]c(=O)c1[C@@H]2c1ccc(C(F)(F)F)cc1. The largest absolute Gasteiger partial charge is 0.416 e. The molecule has 2 aliphatic rings. The van der Waals surface area contributed by atoms with Crippen LogP contribution in [0.15, 0.2) is 45.1 Å². The first-order chi connectivity index (χ1) is 13.5. The number of rotatable bonds is 1. The number of nitrogens with one attached hydrogen (secondary N) is 3. The number of carbonyl (C=O) groups is 1. The van der Waals surface area contributed by atoms with E-state index in [1.165, 1.54) is 12.1 Å². The van der Waals surface area contributed by atoms with E-state index >= 15 is 0 Å². The van der Waals surface area contributed by atoms with Crippen molar-refractivity contribution in [1.82, 2.24) is 9.97 Å². The minimum absolute atomic E-state index is 0.108. The van der Waals surface area contributed by atoms with Crippen molar-refractivity contribution in [2.45, 2.75) is 38.8 Å². The summed E-state index contributed by atoms with van der Waals surface area (Å²) < 4.78 is 38.9. The third-order valence-corrected chi connectivity index (χ3v) is 5.32. The molecule has 0 amide bonds. The maximum Gasteiger partial charge on any atom is 0.416 e. The number of fused-ring (bicyclic) bond motifs is 1. The molecule has 9 heteroatoms. The Morgan fingerprint density at radius 3 is 2.28 bits per heavy atom. The molecule has 0 bridgehead atoms. The highest BCUT2D eigenvalue weighted by Crippen LogP contribution is 2.47. The number of carbonyl (C=O) groups excluding carboxylic acids is 1. The van der Waals surface area contributed by atoms with Crippen LogP contribution in [0, 0.1) is 5.41 Å². The van der Waals surface area contributed by atoms with Crippen molar-refractivity contribution in [3.05, 3.63) is 73.1 Å². The van der Waals surface area contributed by atoms with Crippen LogP contribution in [0.3, 0.4) is 0 Å². The number of H-pyrrole nitrogens is 2. The van der Waals surface area contributed by atoms with E-state index in [9.17, 15) is 27.6 Å². The van der Waals surface area contributed by atoms with Crippen molar-refractivity contribution in [2.24, 2.45) is 5.41 Å². The zero-order chi connectivity index (χ0) is 21.1. The summed E-state index contributed by atoms with van der Waals surface area (Å²) >= 11 is 0. The highest BCUT2D eigenvalue weighted by atomic mass is 19.4. The van der Waals surface area contributed by atoms with Crippen LogP contribution < -0.4 is 16.6 Å². The number of hydrogen-bond donors (Lipinski definition) is 3. The van der Waals surface area contributed by atoms with Crippen molar-refractivity contribution in [2.75, 3.05) is 5.32 Å². The Hall–Kier alpha value is -3.10. The average Bonchev–Trinajstić information content (AvgIpc) is 2.58. The number of benzene rings is 1. The average molecular weight is 405 g/mol. The zero-order valence-corrected chi connectivity index (χ0v) is 15.7. The minimum Gasteiger partial charge on any atom is -0.344 e. The number of aromatic nitrogens is 2. The summed E-state index contributed by atoms with van der Waals surface area (Å²) in [6, 6.07) is 4.39. The van der Waals surface area contributed by atoms with E-state index in [1.807, 2.05) is 13.8 Å². The number of anilines is 1. The van der Waals surface area contributed by atoms with Gasteiger partial charge in [0.15, 0.2) is 5.78 Å². The molecule has 0 fully saturated rings. The standard InChI is InChI=1S/C20H18F3N3O3/c1-19(2)7-11-14(12(27)8-19)13(9-3-5-10(6-4-9)20(21,22)23)15-16(24-11)25-18(29)26-17(15)28/h3-6,13H,7-8H2,1-2H3,(H3,24,25,26,28,29)/t13-/m1/s1. The number of alkyl halides is 3. The van der Waals surface area contributed by atoms with Gasteiger partial charge in [-0.2, -0.15) is 13.2 Å². The number of aromatic amines is 2. The van der Waals surface area contributed by atoms with Gasteiger partial charge in [0.1, 0.15) is 5.82 Å². The highest BCUT2D eigenvalue weighted by Gasteiger charge is 2.42. The van der Waals surface area contributed by atoms with Crippen molar-refractivity contribution in [3.8, 4) is 0 Å². The molecule has 0 saturated carbocycles. The molecule has 1 aromatic carbocycles. The van der Waals surface area contributed by atoms with Gasteiger partial charge in [-0.25, -0.2) is 4.79 Å². The Bertz CT molecular complexity index is 1150. The van der Waals surface area contributed by atoms with E-state index in [-0.39, 0.29) is 29.0 Å². The predicted octanol–water partition coefficient (Wildman–Crippen LogP) is 3.28. The number of ketones is 1. The van der Waals surface area contributed by atoms with E-state index in [0.29, 0.717) is 23.3 Å². The molecule has 29 heavy (non-hydrogen) atoms. The van der Waals surface area contributed by atoms with Gasteiger partial charge in [0.25, 0.3) is 5.56 Å². The lowest BCUT2D eigenvalue weighted by Crippen LogP contribution is -2.38. The normalized spacial score (nSPS) is 20.7. The van der Waals surface area contributed by atoms with Crippen molar-refractivity contribution in [3.63, 3.8) is 0 Å². The molecule has 152 valence electrons. The van der Waals surface area contributed by atoms with Gasteiger partial charge in [-0.15, -0.1) is 0 Å². The Labute approximate surface area is 162 Å². The first kappa shape index (κ1) is 19.2. The molecule has 0 radical (unpaired) electrons. The summed E-state index contributed by atoms with van der Waals surface area (Å²) in [5.41, 5.74) is -1.14. The van der Waals surface area contributed by atoms with Crippen LogP contribution in [0.1, 0.15) is 49.3 Å². The lowest BCUT2D eigenvalue weighted by molar-refractivity contribution is -0.137. The van der Waals surface area contributed by atoms with Gasteiger partial charge >= 0.3 is 11.9 Å². The lowest BCUT2D eigenvalue weighted by Gasteiger charge is -2.38. The van der Waals surface area contributed by atoms with Gasteiger partial charge in [0.05, 0.1) is 11.1 Å². The summed E-state index contributed by atoms with van der Waals surface area (Å²) in [6.07, 6.45) is -3.75. The maximum atomic E-state index is 13.0. The van der Waals surface area contributed by atoms with Crippen LogP contribution in [0.2, 0.25) is 0 Å². The van der Waals surface area contributed by atoms with E-state index in [0.717, 1.165) is 12.1 Å². The zero-order valence-electron chi connectivity index (χ0n) is 15.7. The molecule has 4 rings (SSSR count). The van der Waals surface area contributed by atoms with E-state index in [2.05, 4.69) is 15.3 Å². The quantitative estimate of drug-likeness (QED) is 0.679. The van der Waals surface area contributed by atoms with Crippen LogP contribution in [0.4, 0.5) is 19.0 Å². The third kappa shape index (κ3) is 3.30. The monoisotopic (exact) mass is 405 g/mol. The van der Waals surface area contributed by atoms with Crippen LogP contribution in [-0.4, -0.2) is 15.8 Å². The molecule has 2 aromatic rings. The summed E-state index contributed by atoms with van der Waals surface area (Å²) in [6.45, 7) is 3.86. The highest BCUT2D eigenvalue weighted by molar-refractivity contribution is 6.01. The molecule has 1 atom stereocenters. The Balaban J connectivity index is 1.94. The van der Waals surface area contributed by atoms with Crippen molar-refractivity contribution >= 4 is 11.6 Å². The fraction of sp³-hybridized carbons (Fsp3) is 0.350. The smallest absolute Gasteiger partial charge is 0.344 e. The fourth-order valence-corrected chi connectivity index (χ4v) is 4.14. The second-order valence-corrected chi connectivity index (χ2v) is 8.21. The summed E-state index contributed by atoms with van der Waals surface area (Å²) in [5, 5.41) is 3.01. The second kappa shape index (κ2) is 6.20. The molecule has 6 nitrogen and oxygen atoms in total. The Morgan fingerprint density at radius 1 is 1.00 bits per heavy atom. The van der Waals surface area contributed by atoms with Gasteiger partial charge in [0, 0.05) is 23.6 Å². The van der Waals surface area contributed by atoms with Crippen LogP contribution >= 0.6 is 0 Å². The number of halogens is 3. The molecule has 1 aromatic heterocycles. The van der Waals surface area contributed by atoms with Crippen molar-refractivity contribution < 1.29 is 18.0 Å². The molecule has 0 saturated heterocycles. The predicted molar refractivity (Wildman–Crippen MR) is 99.6 cm³/mol. The van der Waals surface area contributed by atoms with Crippen LogP contribution in [-0.2, 0) is 11.0 Å². The van der Waals surface area contributed by atoms with E-state index < -0.39 is 28.9 Å². The number of Topliss-reactive ketones (excluding diaryl/α,β-unsaturated/α-hetero) is 1. The minimum atomic E-state index is -4.50. The molecule has 0 unspecified atom stereocenters. The summed E-state index contributed by atoms with van der Waals surface area (Å²) in [4.78, 5) is 42.0. The third-order valence-electron chi connectivity index (χ3n) is 5.32. The van der Waals surface area contributed by atoms with Gasteiger partial charge in [-0.05, 0) is 29.5 Å². The number of allylic oxidation sites excluding steroid dienone is 2. The van der Waals surface area contributed by atoms with E-state index in [1.54, 1.807) is 0 Å². The van der Waals surface area contributed by atoms with E-state index in [4.69, 9.17) is 0 Å². The molecule has 1 aliphatic carbocycles. The first-order valence-electron chi connectivity index (χ1n) is 9.03. The van der Waals surface area contributed by atoms with Crippen LogP contribution in [0.25, 0.3) is 0 Å². The van der Waals surface area contributed by atoms with Gasteiger partial charge in [0.2, 0.25) is 0 Å². The molecular formula is C20H18F3N3O3. The topological polar surface area (TPSA) is 94.8 Å². The summed E-state index contributed by atoms with van der Waals surface area (Å²) in [5.74, 6) is -0.884. The van der Waals surface area contributed by atoms with Gasteiger partial charge in [-0.3, -0.25) is 19.6 Å². The Kier molecular flexibility index (Phi) is 4.11. The first-order valence-corrected chi connectivity index (χ1v) is 9.03. The second-order valence-electron chi connectivity index (χ2n) is 8.21. The lowest BCUT2D eigenvalue weighted by atomic mass is 9.69. The molecule has 1 aliphatic heterocycles. The van der Waals surface area contributed by atoms with Crippen molar-refractivity contribution in [1.29, 1.82) is 0 Å². The Morgan fingerprint density at radius 2 is 1.66 bits per heavy atom. The molecular weight excluding hydrogens is 387 g/mol. The van der Waals surface area contributed by atoms with Gasteiger partial charge < -0.3 is 5.32 Å². The fourth-order valence-electron chi connectivity index (χ4n) is 4.14. The maximum absolute atomic E-state index is 13.0. The molecule has 2 heterocycles.